The van der Waals surface area contributed by atoms with Gasteiger partial charge in [-0.25, -0.2) is 8.42 Å². The van der Waals surface area contributed by atoms with Gasteiger partial charge in [0.25, 0.3) is 0 Å². The Kier molecular flexibility index (Phi) is 3.13. The van der Waals surface area contributed by atoms with Crippen LogP contribution in [0.1, 0.15) is 18.2 Å². The molecule has 0 saturated carbocycles. The minimum atomic E-state index is -2.99. The third kappa shape index (κ3) is 2.30. The van der Waals surface area contributed by atoms with Gasteiger partial charge in [-0.3, -0.25) is 4.68 Å². The molecule has 2 atom stereocenters. The van der Waals surface area contributed by atoms with E-state index >= 15 is 0 Å². The Morgan fingerprint density at radius 2 is 2.35 bits per heavy atom. The second-order valence-electron chi connectivity index (χ2n) is 4.33. The smallest absolute Gasteiger partial charge is 0.162 e. The first-order chi connectivity index (χ1) is 7.94. The number of aliphatic hydroxyl groups is 1. The lowest BCUT2D eigenvalue weighted by molar-refractivity contribution is 0.109. The highest BCUT2D eigenvalue weighted by molar-refractivity contribution is 7.91. The number of hydrogen-bond donors (Lipinski definition) is 1. The molecule has 96 valence electrons. The molecule has 0 aromatic carbocycles. The number of aryl methyl sites for hydroxylation is 1. The molecular weight excluding hydrogens is 244 g/mol. The van der Waals surface area contributed by atoms with Gasteiger partial charge in [0.1, 0.15) is 11.8 Å². The van der Waals surface area contributed by atoms with Gasteiger partial charge in [-0.05, 0) is 6.42 Å². The van der Waals surface area contributed by atoms with Crippen LogP contribution >= 0.6 is 0 Å². The van der Waals surface area contributed by atoms with Crippen molar-refractivity contribution in [1.82, 2.24) is 9.78 Å². The Balaban J connectivity index is 2.25. The Morgan fingerprint density at radius 3 is 2.88 bits per heavy atom. The zero-order chi connectivity index (χ0) is 12.6. The third-order valence-electron chi connectivity index (χ3n) is 3.16. The van der Waals surface area contributed by atoms with Gasteiger partial charge >= 0.3 is 0 Å². The minimum Gasteiger partial charge on any atom is -0.493 e. The number of aromatic nitrogens is 2. The Bertz CT molecular complexity index is 508. The fourth-order valence-corrected chi connectivity index (χ4v) is 4.05. The van der Waals surface area contributed by atoms with E-state index < -0.39 is 15.9 Å². The Hall–Kier alpha value is -1.08. The molecular formula is C10H16N2O4S. The lowest BCUT2D eigenvalue weighted by atomic mass is 9.99. The average molecular weight is 260 g/mol. The molecule has 0 amide bonds. The standard InChI is InChI=1S/C10H16N2O4S/c1-12-9(8(16-2)5-11-12)10(13)7-3-4-17(14,15)6-7/h5,7,10,13H,3-4,6H2,1-2H3. The molecule has 1 aliphatic rings. The lowest BCUT2D eigenvalue weighted by Crippen LogP contribution is -2.17. The zero-order valence-corrected chi connectivity index (χ0v) is 10.6. The highest BCUT2D eigenvalue weighted by Crippen LogP contribution is 2.35. The summed E-state index contributed by atoms with van der Waals surface area (Å²) in [6.45, 7) is 0. The number of nitrogens with zero attached hydrogens (tertiary/aromatic N) is 2. The number of rotatable bonds is 3. The maximum absolute atomic E-state index is 11.4. The number of sulfone groups is 1. The predicted octanol–water partition coefficient (Wildman–Crippen LogP) is -0.103. The lowest BCUT2D eigenvalue weighted by Gasteiger charge is -2.18. The van der Waals surface area contributed by atoms with Gasteiger partial charge in [-0.1, -0.05) is 0 Å². The molecule has 1 aliphatic heterocycles. The van der Waals surface area contributed by atoms with Crippen LogP contribution in [0.3, 0.4) is 0 Å². The van der Waals surface area contributed by atoms with Crippen LogP contribution in [0, 0.1) is 5.92 Å². The van der Waals surface area contributed by atoms with Gasteiger partial charge in [-0.15, -0.1) is 0 Å². The van der Waals surface area contributed by atoms with Crippen LogP contribution in [0.25, 0.3) is 0 Å². The zero-order valence-electron chi connectivity index (χ0n) is 9.83. The summed E-state index contributed by atoms with van der Waals surface area (Å²) in [5.41, 5.74) is 0.537. The van der Waals surface area contributed by atoms with E-state index in [1.54, 1.807) is 7.05 Å². The van der Waals surface area contributed by atoms with Gasteiger partial charge in [0.05, 0.1) is 24.8 Å². The van der Waals surface area contributed by atoms with Crippen molar-refractivity contribution >= 4 is 9.84 Å². The van der Waals surface area contributed by atoms with Gasteiger partial charge in [0.15, 0.2) is 15.6 Å². The minimum absolute atomic E-state index is 0.0303. The fourth-order valence-electron chi connectivity index (χ4n) is 2.22. The van der Waals surface area contributed by atoms with Gasteiger partial charge in [-0.2, -0.15) is 5.10 Å². The molecule has 0 spiro atoms. The summed E-state index contributed by atoms with van der Waals surface area (Å²) in [6.07, 6.45) is 1.15. The van der Waals surface area contributed by atoms with Crippen LogP contribution in [-0.4, -0.2) is 41.9 Å². The van der Waals surface area contributed by atoms with E-state index in [1.165, 1.54) is 18.0 Å². The largest absolute Gasteiger partial charge is 0.493 e. The summed E-state index contributed by atoms with van der Waals surface area (Å²) >= 11 is 0. The Morgan fingerprint density at radius 1 is 1.65 bits per heavy atom. The maximum atomic E-state index is 11.4. The quantitative estimate of drug-likeness (QED) is 0.820. The summed E-state index contributed by atoms with van der Waals surface area (Å²) in [7, 11) is 0.203. The summed E-state index contributed by atoms with van der Waals surface area (Å²) in [5.74, 6) is 0.394. The molecule has 1 fully saturated rings. The van der Waals surface area contributed by atoms with Crippen molar-refractivity contribution in [2.75, 3.05) is 18.6 Å². The van der Waals surface area contributed by atoms with Crippen LogP contribution in [0.5, 0.6) is 5.75 Å². The second kappa shape index (κ2) is 4.30. The van der Waals surface area contributed by atoms with Crippen LogP contribution in [-0.2, 0) is 16.9 Å². The molecule has 7 heteroatoms. The molecule has 2 heterocycles. The molecule has 1 aromatic rings. The number of aliphatic hydroxyl groups excluding tert-OH is 1. The van der Waals surface area contributed by atoms with Gasteiger partial charge in [0.2, 0.25) is 0 Å². The third-order valence-corrected chi connectivity index (χ3v) is 4.96. The van der Waals surface area contributed by atoms with Crippen molar-refractivity contribution in [1.29, 1.82) is 0 Å². The predicted molar refractivity (Wildman–Crippen MR) is 61.5 cm³/mol. The van der Waals surface area contributed by atoms with Crippen LogP contribution in [0.4, 0.5) is 0 Å². The van der Waals surface area contributed by atoms with E-state index in [2.05, 4.69) is 5.10 Å². The fraction of sp³-hybridized carbons (Fsp3) is 0.700. The molecule has 2 unspecified atom stereocenters. The van der Waals surface area contributed by atoms with E-state index in [0.717, 1.165) is 0 Å². The first kappa shape index (κ1) is 12.4. The summed E-state index contributed by atoms with van der Waals surface area (Å²) in [5, 5.41) is 14.2. The van der Waals surface area contributed by atoms with Crippen LogP contribution in [0.2, 0.25) is 0 Å². The van der Waals surface area contributed by atoms with Crippen LogP contribution in [0.15, 0.2) is 6.20 Å². The van der Waals surface area contributed by atoms with Crippen molar-refractivity contribution in [2.45, 2.75) is 12.5 Å². The first-order valence-electron chi connectivity index (χ1n) is 5.39. The molecule has 1 saturated heterocycles. The molecule has 1 aromatic heterocycles. The van der Waals surface area contributed by atoms with E-state index in [0.29, 0.717) is 17.9 Å². The normalized spacial score (nSPS) is 24.8. The highest BCUT2D eigenvalue weighted by Gasteiger charge is 2.36. The van der Waals surface area contributed by atoms with Crippen molar-refractivity contribution in [3.63, 3.8) is 0 Å². The molecule has 6 nitrogen and oxygen atoms in total. The van der Waals surface area contributed by atoms with E-state index in [4.69, 9.17) is 4.74 Å². The molecule has 0 radical (unpaired) electrons. The number of hydrogen-bond acceptors (Lipinski definition) is 5. The van der Waals surface area contributed by atoms with Crippen molar-refractivity contribution in [3.8, 4) is 5.75 Å². The second-order valence-corrected chi connectivity index (χ2v) is 6.56. The first-order valence-corrected chi connectivity index (χ1v) is 7.21. The molecule has 0 aliphatic carbocycles. The van der Waals surface area contributed by atoms with Crippen molar-refractivity contribution in [2.24, 2.45) is 13.0 Å². The monoisotopic (exact) mass is 260 g/mol. The van der Waals surface area contributed by atoms with Crippen molar-refractivity contribution < 1.29 is 18.3 Å². The van der Waals surface area contributed by atoms with E-state index in [9.17, 15) is 13.5 Å². The topological polar surface area (TPSA) is 81.4 Å². The van der Waals surface area contributed by atoms with Crippen molar-refractivity contribution in [3.05, 3.63) is 11.9 Å². The molecule has 2 rings (SSSR count). The maximum Gasteiger partial charge on any atom is 0.162 e. The molecule has 1 N–H and O–H groups in total. The summed E-state index contributed by atoms with van der Waals surface area (Å²) in [6, 6.07) is 0. The van der Waals surface area contributed by atoms with E-state index in [-0.39, 0.29) is 17.4 Å². The summed E-state index contributed by atoms with van der Waals surface area (Å²) < 4.78 is 29.4. The number of methoxy groups -OCH3 is 1. The van der Waals surface area contributed by atoms with Gasteiger partial charge in [0, 0.05) is 13.0 Å². The Labute approximate surface area is 100 Å². The highest BCUT2D eigenvalue weighted by atomic mass is 32.2. The number of ether oxygens (including phenoxy) is 1. The molecule has 0 bridgehead atoms. The molecule has 17 heavy (non-hydrogen) atoms. The SMILES string of the molecule is COc1cnn(C)c1C(O)C1CCS(=O)(=O)C1. The average Bonchev–Trinajstić information content (AvgIpc) is 2.80. The van der Waals surface area contributed by atoms with Gasteiger partial charge < -0.3 is 9.84 Å². The van der Waals surface area contributed by atoms with E-state index in [1.807, 2.05) is 0 Å². The van der Waals surface area contributed by atoms with Crippen LogP contribution < -0.4 is 4.74 Å². The summed E-state index contributed by atoms with van der Waals surface area (Å²) in [4.78, 5) is 0.